The minimum Gasteiger partial charge on any atom is -0.480 e. The van der Waals surface area contributed by atoms with Gasteiger partial charge in [-0.1, -0.05) is 30.3 Å². The van der Waals surface area contributed by atoms with Gasteiger partial charge >= 0.3 is 5.97 Å². The molecule has 0 aliphatic carbocycles. The van der Waals surface area contributed by atoms with Gasteiger partial charge in [-0.15, -0.1) is 0 Å². The van der Waals surface area contributed by atoms with Gasteiger partial charge in [-0.3, -0.25) is 4.79 Å². The molecule has 2 N–H and O–H groups in total. The topological polar surface area (TPSA) is 66.4 Å². The average molecular weight is 247 g/mol. The molecule has 0 aliphatic rings. The number of allylic oxidation sites excluding steroid dienone is 2. The first-order valence-electron chi connectivity index (χ1n) is 5.71. The van der Waals surface area contributed by atoms with E-state index >= 15 is 0 Å². The quantitative estimate of drug-likeness (QED) is 0.752. The van der Waals surface area contributed by atoms with Crippen LogP contribution >= 0.6 is 0 Å². The molecule has 1 aromatic carbocycles. The Hall–Kier alpha value is -2.10. The molecule has 18 heavy (non-hydrogen) atoms. The van der Waals surface area contributed by atoms with E-state index in [0.717, 1.165) is 5.56 Å². The maximum atomic E-state index is 11.2. The van der Waals surface area contributed by atoms with E-state index in [1.165, 1.54) is 13.0 Å². The molecule has 0 aliphatic heterocycles. The molecule has 1 rings (SSSR count). The van der Waals surface area contributed by atoms with Crippen LogP contribution in [0.15, 0.2) is 42.1 Å². The van der Waals surface area contributed by atoms with E-state index in [4.69, 9.17) is 5.11 Å². The first-order chi connectivity index (χ1) is 8.49. The summed E-state index contributed by atoms with van der Waals surface area (Å²) < 4.78 is 0. The van der Waals surface area contributed by atoms with E-state index < -0.39 is 12.0 Å². The molecule has 0 aromatic heterocycles. The van der Waals surface area contributed by atoms with Crippen LogP contribution in [0, 0.1) is 0 Å². The third-order valence-electron chi connectivity index (χ3n) is 2.40. The fraction of sp³-hybridized carbons (Fsp3) is 0.286. The molecule has 0 amide bonds. The first kappa shape index (κ1) is 14.0. The normalized spacial score (nSPS) is 12.9. The summed E-state index contributed by atoms with van der Waals surface area (Å²) >= 11 is 0. The van der Waals surface area contributed by atoms with Gasteiger partial charge in [0.25, 0.3) is 0 Å². The Bertz CT molecular complexity index is 451. The Morgan fingerprint density at radius 1 is 1.28 bits per heavy atom. The van der Waals surface area contributed by atoms with Crippen molar-refractivity contribution in [3.05, 3.63) is 47.7 Å². The molecule has 0 spiro atoms. The van der Waals surface area contributed by atoms with Crippen molar-refractivity contribution in [3.8, 4) is 0 Å². The van der Waals surface area contributed by atoms with Crippen molar-refractivity contribution in [2.45, 2.75) is 26.3 Å². The predicted molar refractivity (Wildman–Crippen MR) is 69.1 cm³/mol. The molecule has 1 atom stereocenters. The molecule has 4 nitrogen and oxygen atoms in total. The van der Waals surface area contributed by atoms with E-state index in [-0.39, 0.29) is 5.78 Å². The third-order valence-corrected chi connectivity index (χ3v) is 2.40. The number of carboxylic acids is 1. The molecule has 0 heterocycles. The average Bonchev–Trinajstić information content (AvgIpc) is 2.28. The second-order valence-corrected chi connectivity index (χ2v) is 4.16. The number of rotatable bonds is 6. The zero-order valence-corrected chi connectivity index (χ0v) is 10.5. The van der Waals surface area contributed by atoms with Gasteiger partial charge in [0.15, 0.2) is 5.78 Å². The summed E-state index contributed by atoms with van der Waals surface area (Å²) in [6.45, 7) is 3.11. The summed E-state index contributed by atoms with van der Waals surface area (Å²) in [5.74, 6) is -1.04. The number of hydrogen-bond donors (Lipinski definition) is 2. The summed E-state index contributed by atoms with van der Waals surface area (Å²) in [4.78, 5) is 22.1. The van der Waals surface area contributed by atoms with E-state index in [9.17, 15) is 9.59 Å². The fourth-order valence-corrected chi connectivity index (χ4v) is 1.67. The molecular formula is C14H17NO3. The fourth-order valence-electron chi connectivity index (χ4n) is 1.67. The minimum absolute atomic E-state index is 0.108. The summed E-state index contributed by atoms with van der Waals surface area (Å²) in [5, 5.41) is 12.0. The Labute approximate surface area is 106 Å². The number of carboxylic acid groups (broad SMARTS) is 1. The number of nitrogens with one attached hydrogen (secondary N) is 1. The van der Waals surface area contributed by atoms with Gasteiger partial charge in [0.1, 0.15) is 6.04 Å². The summed E-state index contributed by atoms with van der Waals surface area (Å²) in [6, 6.07) is 8.64. The lowest BCUT2D eigenvalue weighted by atomic mass is 10.1. The number of carbonyl (C=O) groups is 2. The van der Waals surface area contributed by atoms with Gasteiger partial charge in [0.2, 0.25) is 0 Å². The highest BCUT2D eigenvalue weighted by atomic mass is 16.4. The molecule has 0 radical (unpaired) electrons. The minimum atomic E-state index is -0.935. The highest BCUT2D eigenvalue weighted by molar-refractivity contribution is 5.88. The Morgan fingerprint density at radius 2 is 1.89 bits per heavy atom. The number of aliphatic carboxylic acids is 1. The van der Waals surface area contributed by atoms with Crippen molar-refractivity contribution < 1.29 is 14.7 Å². The van der Waals surface area contributed by atoms with Crippen LogP contribution in [0.2, 0.25) is 0 Å². The second kappa shape index (κ2) is 6.59. The molecule has 0 saturated carbocycles. The first-order valence-corrected chi connectivity index (χ1v) is 5.71. The second-order valence-electron chi connectivity index (χ2n) is 4.16. The van der Waals surface area contributed by atoms with Gasteiger partial charge in [-0.2, -0.15) is 0 Å². The predicted octanol–water partition coefficient (Wildman–Crippen LogP) is 1.76. The smallest absolute Gasteiger partial charge is 0.326 e. The molecular weight excluding hydrogens is 230 g/mol. The summed E-state index contributed by atoms with van der Waals surface area (Å²) in [5.41, 5.74) is 1.50. The van der Waals surface area contributed by atoms with Crippen LogP contribution in [0.1, 0.15) is 19.4 Å². The number of ketones is 1. The van der Waals surface area contributed by atoms with Crippen molar-refractivity contribution in [2.75, 3.05) is 0 Å². The standard InChI is InChI=1S/C14H17NO3/c1-10(8-11(2)16)15-13(14(17)18)9-12-6-4-3-5-7-12/h3-8,13,15H,9H2,1-2H3,(H,17,18)/b10-8+/t13-/m0/s1. The van der Waals surface area contributed by atoms with Gasteiger partial charge in [-0.05, 0) is 25.5 Å². The Balaban J connectivity index is 2.73. The van der Waals surface area contributed by atoms with Crippen LogP contribution in [0.5, 0.6) is 0 Å². The van der Waals surface area contributed by atoms with Crippen molar-refractivity contribution in [1.29, 1.82) is 0 Å². The largest absolute Gasteiger partial charge is 0.480 e. The Morgan fingerprint density at radius 3 is 2.39 bits per heavy atom. The van der Waals surface area contributed by atoms with E-state index in [0.29, 0.717) is 12.1 Å². The lowest BCUT2D eigenvalue weighted by Crippen LogP contribution is -2.37. The van der Waals surface area contributed by atoms with Crippen molar-refractivity contribution in [3.63, 3.8) is 0 Å². The lowest BCUT2D eigenvalue weighted by Gasteiger charge is -2.16. The summed E-state index contributed by atoms with van der Waals surface area (Å²) in [7, 11) is 0. The zero-order valence-electron chi connectivity index (χ0n) is 10.5. The van der Waals surface area contributed by atoms with Crippen LogP contribution in [0.4, 0.5) is 0 Å². The van der Waals surface area contributed by atoms with E-state index in [1.807, 2.05) is 30.3 Å². The number of benzene rings is 1. The maximum absolute atomic E-state index is 11.2. The molecule has 0 fully saturated rings. The molecule has 4 heteroatoms. The SMILES string of the molecule is CC(=O)/C=C(\C)N[C@@H](Cc1ccccc1)C(=O)O. The van der Waals surface area contributed by atoms with Gasteiger partial charge < -0.3 is 10.4 Å². The molecule has 96 valence electrons. The van der Waals surface area contributed by atoms with Crippen LogP contribution < -0.4 is 5.32 Å². The van der Waals surface area contributed by atoms with Gasteiger partial charge in [-0.25, -0.2) is 4.79 Å². The zero-order chi connectivity index (χ0) is 13.5. The van der Waals surface area contributed by atoms with Crippen LogP contribution in [-0.2, 0) is 16.0 Å². The number of carbonyl (C=O) groups excluding carboxylic acids is 1. The van der Waals surface area contributed by atoms with Crippen molar-refractivity contribution in [1.82, 2.24) is 5.32 Å². The van der Waals surface area contributed by atoms with Crippen molar-refractivity contribution >= 4 is 11.8 Å². The highest BCUT2D eigenvalue weighted by Gasteiger charge is 2.17. The lowest BCUT2D eigenvalue weighted by molar-refractivity contribution is -0.139. The van der Waals surface area contributed by atoms with E-state index in [2.05, 4.69) is 5.32 Å². The van der Waals surface area contributed by atoms with Gasteiger partial charge in [0, 0.05) is 12.1 Å². The Kier molecular flexibility index (Phi) is 5.11. The monoisotopic (exact) mass is 247 g/mol. The van der Waals surface area contributed by atoms with Crippen LogP contribution in [-0.4, -0.2) is 22.9 Å². The van der Waals surface area contributed by atoms with Crippen molar-refractivity contribution in [2.24, 2.45) is 0 Å². The molecule has 0 unspecified atom stereocenters. The molecule has 0 saturated heterocycles. The maximum Gasteiger partial charge on any atom is 0.326 e. The van der Waals surface area contributed by atoms with Crippen LogP contribution in [0.25, 0.3) is 0 Å². The third kappa shape index (κ3) is 4.82. The summed E-state index contributed by atoms with van der Waals surface area (Å²) in [6.07, 6.45) is 1.76. The highest BCUT2D eigenvalue weighted by Crippen LogP contribution is 2.05. The molecule has 1 aromatic rings. The van der Waals surface area contributed by atoms with Gasteiger partial charge in [0.05, 0.1) is 0 Å². The van der Waals surface area contributed by atoms with Crippen LogP contribution in [0.3, 0.4) is 0 Å². The molecule has 0 bridgehead atoms. The number of hydrogen-bond acceptors (Lipinski definition) is 3. The van der Waals surface area contributed by atoms with E-state index in [1.54, 1.807) is 6.92 Å².